The van der Waals surface area contributed by atoms with Crippen LogP contribution in [0.5, 0.6) is 0 Å². The topological polar surface area (TPSA) is 119 Å². The molecule has 0 bridgehead atoms. The van der Waals surface area contributed by atoms with Crippen molar-refractivity contribution in [1.29, 1.82) is 0 Å². The second-order valence-corrected chi connectivity index (χ2v) is 14.5. The summed E-state index contributed by atoms with van der Waals surface area (Å²) >= 11 is 0. The van der Waals surface area contributed by atoms with Crippen molar-refractivity contribution in [2.45, 2.75) is 187 Å². The van der Waals surface area contributed by atoms with Crippen molar-refractivity contribution in [2.24, 2.45) is 0 Å². The first-order valence-corrected chi connectivity index (χ1v) is 21.5. The van der Waals surface area contributed by atoms with Crippen molar-refractivity contribution >= 4 is 19.8 Å². The van der Waals surface area contributed by atoms with Crippen molar-refractivity contribution in [3.8, 4) is 0 Å². The number of allylic oxidation sites excluding steroid dienone is 8. The summed E-state index contributed by atoms with van der Waals surface area (Å²) in [6.45, 7) is 3.61. The molecule has 0 rings (SSSR count). The van der Waals surface area contributed by atoms with Gasteiger partial charge in [-0.25, -0.2) is 4.57 Å². The van der Waals surface area contributed by atoms with Gasteiger partial charge in [-0.3, -0.25) is 14.1 Å². The molecule has 0 heterocycles. The lowest BCUT2D eigenvalue weighted by Crippen LogP contribution is -2.29. The second kappa shape index (κ2) is 36.8. The molecular formula is C41H73O8P. The summed E-state index contributed by atoms with van der Waals surface area (Å²) < 4.78 is 26.3. The van der Waals surface area contributed by atoms with Gasteiger partial charge in [-0.1, -0.05) is 146 Å². The van der Waals surface area contributed by atoms with Crippen LogP contribution in [-0.4, -0.2) is 41.0 Å². The lowest BCUT2D eigenvalue weighted by Gasteiger charge is -2.18. The highest BCUT2D eigenvalue weighted by molar-refractivity contribution is 7.46. The van der Waals surface area contributed by atoms with E-state index in [1.54, 1.807) is 0 Å². The molecule has 0 radical (unpaired) electrons. The number of carbonyl (C=O) groups excluding carboxylic acids is 2. The summed E-state index contributed by atoms with van der Waals surface area (Å²) in [5, 5.41) is 0. The number of ether oxygens (including phenoxy) is 2. The van der Waals surface area contributed by atoms with E-state index in [-0.39, 0.29) is 19.4 Å². The summed E-state index contributed by atoms with van der Waals surface area (Å²) in [4.78, 5) is 42.7. The molecule has 2 N–H and O–H groups in total. The van der Waals surface area contributed by atoms with Crippen molar-refractivity contribution < 1.29 is 37.9 Å². The van der Waals surface area contributed by atoms with Gasteiger partial charge < -0.3 is 19.3 Å². The van der Waals surface area contributed by atoms with Crippen LogP contribution < -0.4 is 0 Å². The van der Waals surface area contributed by atoms with Crippen molar-refractivity contribution in [3.05, 3.63) is 48.6 Å². The van der Waals surface area contributed by atoms with Crippen LogP contribution in [0.3, 0.4) is 0 Å². The number of hydrogen-bond acceptors (Lipinski definition) is 6. The van der Waals surface area contributed by atoms with Gasteiger partial charge in [0.1, 0.15) is 6.61 Å². The Morgan fingerprint density at radius 1 is 0.520 bits per heavy atom. The summed E-state index contributed by atoms with van der Waals surface area (Å²) in [6.07, 6.45) is 44.2. The lowest BCUT2D eigenvalue weighted by molar-refractivity contribution is -0.161. The maximum absolute atomic E-state index is 12.4. The minimum absolute atomic E-state index is 0.140. The molecule has 9 heteroatoms. The van der Waals surface area contributed by atoms with E-state index in [1.807, 2.05) is 6.08 Å². The van der Waals surface area contributed by atoms with Crippen LogP contribution >= 0.6 is 7.82 Å². The van der Waals surface area contributed by atoms with Gasteiger partial charge in [-0.2, -0.15) is 0 Å². The number of phosphoric acid groups is 1. The molecule has 0 spiro atoms. The van der Waals surface area contributed by atoms with Gasteiger partial charge in [-0.05, 0) is 70.6 Å². The summed E-state index contributed by atoms with van der Waals surface area (Å²) in [6, 6.07) is 0. The third kappa shape index (κ3) is 38.8. The second-order valence-electron chi connectivity index (χ2n) is 13.2. The first kappa shape index (κ1) is 48.0. The zero-order chi connectivity index (χ0) is 36.8. The fourth-order valence-electron chi connectivity index (χ4n) is 5.32. The largest absolute Gasteiger partial charge is 0.469 e. The van der Waals surface area contributed by atoms with E-state index in [0.29, 0.717) is 19.3 Å². The maximum Gasteiger partial charge on any atom is 0.469 e. The zero-order valence-corrected chi connectivity index (χ0v) is 32.7. The average molecular weight is 725 g/mol. The third-order valence-electron chi connectivity index (χ3n) is 8.32. The Balaban J connectivity index is 4.07. The molecule has 0 saturated carbocycles. The molecule has 0 aromatic heterocycles. The highest BCUT2D eigenvalue weighted by atomic mass is 31.2. The lowest BCUT2D eigenvalue weighted by atomic mass is 10.1. The molecule has 0 aliphatic carbocycles. The van der Waals surface area contributed by atoms with Gasteiger partial charge in [0.2, 0.25) is 0 Å². The van der Waals surface area contributed by atoms with Crippen molar-refractivity contribution in [3.63, 3.8) is 0 Å². The predicted octanol–water partition coefficient (Wildman–Crippen LogP) is 12.0. The van der Waals surface area contributed by atoms with E-state index in [9.17, 15) is 14.2 Å². The Morgan fingerprint density at radius 3 is 1.38 bits per heavy atom. The monoisotopic (exact) mass is 725 g/mol. The molecular weight excluding hydrogens is 651 g/mol. The van der Waals surface area contributed by atoms with E-state index >= 15 is 0 Å². The molecule has 1 atom stereocenters. The SMILES string of the molecule is CCCCCCCC/C=C/C/C=C/CCCCC(=O)OC[C@H](COP(=O)(O)O)OC(=O)CCC/C=C/C/C=C/CCCCCCCCCCC. The fraction of sp³-hybridized carbons (Fsp3) is 0.756. The molecule has 0 aromatic carbocycles. The molecule has 0 unspecified atom stereocenters. The van der Waals surface area contributed by atoms with Gasteiger partial charge in [0.15, 0.2) is 6.10 Å². The van der Waals surface area contributed by atoms with Gasteiger partial charge in [0, 0.05) is 12.8 Å². The minimum atomic E-state index is -4.77. The average Bonchev–Trinajstić information content (AvgIpc) is 3.08. The third-order valence-corrected chi connectivity index (χ3v) is 8.81. The molecule has 0 fully saturated rings. The summed E-state index contributed by atoms with van der Waals surface area (Å²) in [7, 11) is -4.77. The summed E-state index contributed by atoms with van der Waals surface area (Å²) in [5.74, 6) is -0.977. The van der Waals surface area contributed by atoms with E-state index in [0.717, 1.165) is 38.5 Å². The van der Waals surface area contributed by atoms with E-state index in [2.05, 4.69) is 60.9 Å². The van der Waals surface area contributed by atoms with E-state index in [1.165, 1.54) is 96.3 Å². The quantitative estimate of drug-likeness (QED) is 0.0284. The zero-order valence-electron chi connectivity index (χ0n) is 31.8. The van der Waals surface area contributed by atoms with Gasteiger partial charge in [0.25, 0.3) is 0 Å². The fourth-order valence-corrected chi connectivity index (χ4v) is 5.68. The first-order valence-electron chi connectivity index (χ1n) is 19.9. The number of esters is 2. The molecule has 8 nitrogen and oxygen atoms in total. The van der Waals surface area contributed by atoms with Crippen LogP contribution in [0.25, 0.3) is 0 Å². The smallest absolute Gasteiger partial charge is 0.462 e. The molecule has 50 heavy (non-hydrogen) atoms. The first-order chi connectivity index (χ1) is 24.3. The molecule has 0 aliphatic rings. The number of hydrogen-bond donors (Lipinski definition) is 2. The minimum Gasteiger partial charge on any atom is -0.462 e. The number of carbonyl (C=O) groups is 2. The molecule has 290 valence electrons. The van der Waals surface area contributed by atoms with Crippen LogP contribution in [0.15, 0.2) is 48.6 Å². The van der Waals surface area contributed by atoms with Gasteiger partial charge >= 0.3 is 19.8 Å². The maximum atomic E-state index is 12.4. The number of rotatable bonds is 36. The van der Waals surface area contributed by atoms with Crippen LogP contribution in [0.2, 0.25) is 0 Å². The van der Waals surface area contributed by atoms with E-state index in [4.69, 9.17) is 19.3 Å². The van der Waals surface area contributed by atoms with E-state index < -0.39 is 32.5 Å². The van der Waals surface area contributed by atoms with Crippen molar-refractivity contribution in [1.82, 2.24) is 0 Å². The highest BCUT2D eigenvalue weighted by Crippen LogP contribution is 2.36. The molecule has 0 amide bonds. The van der Waals surface area contributed by atoms with Gasteiger partial charge in [-0.15, -0.1) is 0 Å². The predicted molar refractivity (Wildman–Crippen MR) is 207 cm³/mol. The Bertz CT molecular complexity index is 952. The molecule has 0 aliphatic heterocycles. The van der Waals surface area contributed by atoms with Crippen LogP contribution in [0.4, 0.5) is 0 Å². The summed E-state index contributed by atoms with van der Waals surface area (Å²) in [5.41, 5.74) is 0. The number of unbranched alkanes of at least 4 members (excludes halogenated alkanes) is 18. The van der Waals surface area contributed by atoms with Crippen molar-refractivity contribution in [2.75, 3.05) is 13.2 Å². The van der Waals surface area contributed by atoms with Crippen LogP contribution in [0, 0.1) is 0 Å². The van der Waals surface area contributed by atoms with Crippen LogP contribution in [-0.2, 0) is 28.2 Å². The van der Waals surface area contributed by atoms with Gasteiger partial charge in [0.05, 0.1) is 6.61 Å². The number of phosphoric ester groups is 1. The molecule has 0 saturated heterocycles. The Hall–Kier alpha value is -1.99. The highest BCUT2D eigenvalue weighted by Gasteiger charge is 2.22. The Morgan fingerprint density at radius 2 is 0.920 bits per heavy atom. The van der Waals surface area contributed by atoms with Crippen LogP contribution in [0.1, 0.15) is 181 Å². The molecule has 0 aromatic rings. The normalized spacial score (nSPS) is 13.0. The standard InChI is InChI=1S/C41H73O8P/c1-3-5-7-9-11-13-15-17-19-20-22-24-26-28-30-32-34-36-41(43)49-39(38-48-50(44,45)46)37-47-40(42)35-33-31-29-27-25-23-21-18-16-14-12-10-8-6-4-2/h18,21-22,24-25,27-28,30,39H,3-17,19-20,23,26,29,31-38H2,1-2H3,(H2,44,45,46)/b21-18+,24-22+,27-25+,30-28+/t39-/m1/s1. The Labute approximate surface area is 305 Å². The Kier molecular flexibility index (Phi) is 35.3.